The Hall–Kier alpha value is -3.88. The van der Waals surface area contributed by atoms with Gasteiger partial charge in [0.25, 0.3) is 0 Å². The fraction of sp³-hybridized carbons (Fsp3) is 0.333. The molecule has 1 aromatic heterocycles. The van der Waals surface area contributed by atoms with Crippen LogP contribution in [0.25, 0.3) is 11.1 Å². The molecule has 9 heteroatoms. The average Bonchev–Trinajstić information content (AvgIpc) is 2.88. The van der Waals surface area contributed by atoms with Crippen molar-refractivity contribution < 1.29 is 18.4 Å². The second kappa shape index (κ2) is 14.5. The third-order valence-electron chi connectivity index (χ3n) is 5.50. The molecule has 0 aliphatic heterocycles. The number of nitrogens with two attached hydrogens (primary N) is 1. The molecule has 0 saturated carbocycles. The van der Waals surface area contributed by atoms with E-state index in [0.717, 1.165) is 0 Å². The van der Waals surface area contributed by atoms with Gasteiger partial charge < -0.3 is 10.6 Å². The summed E-state index contributed by atoms with van der Waals surface area (Å²) in [5, 5.41) is 0. The lowest BCUT2D eigenvalue weighted by atomic mass is 10.0. The normalized spacial score (nSPS) is 12.1. The number of pyridine rings is 1. The van der Waals surface area contributed by atoms with E-state index < -0.39 is 12.6 Å². The highest BCUT2D eigenvalue weighted by Gasteiger charge is 2.15. The quantitative estimate of drug-likeness (QED) is 0.152. The molecule has 192 valence electrons. The Morgan fingerprint density at radius 3 is 2.64 bits per heavy atom. The van der Waals surface area contributed by atoms with Gasteiger partial charge in [0.05, 0.1) is 18.8 Å². The number of carbonyl (C=O) groups is 2. The number of guanidine groups is 1. The number of aliphatic imine (C=N–C) groups is 1. The molecule has 2 N–H and O–H groups in total. The van der Waals surface area contributed by atoms with Crippen LogP contribution in [0.2, 0.25) is 0 Å². The zero-order valence-corrected chi connectivity index (χ0v) is 21.0. The van der Waals surface area contributed by atoms with E-state index in [-0.39, 0.29) is 24.1 Å². The van der Waals surface area contributed by atoms with Crippen molar-refractivity contribution >= 4 is 17.6 Å². The molecule has 0 radical (unpaired) electrons. The zero-order chi connectivity index (χ0) is 26.5. The molecule has 0 fully saturated rings. The summed E-state index contributed by atoms with van der Waals surface area (Å²) in [7, 11) is 1.51. The molecule has 1 heterocycles. The number of Topliss-reactive ketones (excluding diaryl/α,β-unsaturated/α-hetero) is 1. The Morgan fingerprint density at radius 1 is 1.19 bits per heavy atom. The molecular formula is C27H33F2N5O2. The van der Waals surface area contributed by atoms with Gasteiger partial charge in [-0.05, 0) is 43.0 Å². The lowest BCUT2D eigenvalue weighted by molar-refractivity contribution is -0.125. The van der Waals surface area contributed by atoms with Crippen molar-refractivity contribution in [1.29, 1.82) is 0 Å². The monoisotopic (exact) mass is 497 g/mol. The van der Waals surface area contributed by atoms with Gasteiger partial charge in [0.15, 0.2) is 5.78 Å². The van der Waals surface area contributed by atoms with Crippen molar-refractivity contribution in [1.82, 2.24) is 14.8 Å². The summed E-state index contributed by atoms with van der Waals surface area (Å²) in [4.78, 5) is 35.8. The number of likely N-dealkylation sites (N-methyl/N-ethyl adjacent to an activating group) is 1. The Balaban J connectivity index is 2.11. The topological polar surface area (TPSA) is 91.9 Å². The van der Waals surface area contributed by atoms with Crippen molar-refractivity contribution in [2.75, 3.05) is 20.3 Å². The number of hydrogen-bond acceptors (Lipinski definition) is 5. The van der Waals surface area contributed by atoms with Crippen LogP contribution in [0.1, 0.15) is 38.7 Å². The summed E-state index contributed by atoms with van der Waals surface area (Å²) in [6.07, 6.45) is 7.42. The molecule has 0 atom stereocenters. The second-order valence-electron chi connectivity index (χ2n) is 8.00. The third kappa shape index (κ3) is 8.11. The van der Waals surface area contributed by atoms with Crippen molar-refractivity contribution in [3.63, 3.8) is 0 Å². The molecule has 0 bridgehead atoms. The summed E-state index contributed by atoms with van der Waals surface area (Å²) in [5.41, 5.74) is 8.16. The number of carbonyl (C=O) groups excluding carboxylic acids is 2. The Morgan fingerprint density at radius 2 is 1.97 bits per heavy atom. The third-order valence-corrected chi connectivity index (χ3v) is 5.50. The number of allylic oxidation sites excluding steroid dienone is 2. The molecule has 36 heavy (non-hydrogen) atoms. The maximum absolute atomic E-state index is 14.0. The molecule has 1 amide bonds. The number of nitrogens with zero attached hydrogens (tertiary/aromatic N) is 4. The highest BCUT2D eigenvalue weighted by molar-refractivity contribution is 5.97. The molecule has 0 unspecified atom stereocenters. The van der Waals surface area contributed by atoms with Gasteiger partial charge in [0.2, 0.25) is 17.8 Å². The first kappa shape index (κ1) is 28.4. The maximum atomic E-state index is 14.0. The van der Waals surface area contributed by atoms with Gasteiger partial charge in [0, 0.05) is 44.2 Å². The van der Waals surface area contributed by atoms with Crippen LogP contribution in [0.15, 0.2) is 71.8 Å². The first-order chi connectivity index (χ1) is 17.3. The van der Waals surface area contributed by atoms with Gasteiger partial charge in [-0.15, -0.1) is 0 Å². The van der Waals surface area contributed by atoms with Crippen LogP contribution in [-0.4, -0.2) is 52.7 Å². The molecular weight excluding hydrogens is 464 g/mol. The molecule has 0 spiro atoms. The average molecular weight is 498 g/mol. The van der Waals surface area contributed by atoms with Crippen LogP contribution in [0.5, 0.6) is 0 Å². The van der Waals surface area contributed by atoms with E-state index in [1.807, 2.05) is 0 Å². The first-order valence-electron chi connectivity index (χ1n) is 11.8. The van der Waals surface area contributed by atoms with E-state index in [0.29, 0.717) is 48.2 Å². The number of unbranched alkanes of at least 4 members (excludes halogenated alkanes) is 1. The molecule has 0 saturated heterocycles. The number of benzene rings is 1. The Kier molecular flexibility index (Phi) is 11.4. The first-order valence-corrected chi connectivity index (χ1v) is 11.8. The Bertz CT molecular complexity index is 1130. The van der Waals surface area contributed by atoms with Crippen LogP contribution >= 0.6 is 0 Å². The Labute approximate surface area is 211 Å². The molecule has 7 nitrogen and oxygen atoms in total. The summed E-state index contributed by atoms with van der Waals surface area (Å²) >= 11 is 0. The van der Waals surface area contributed by atoms with Gasteiger partial charge in [-0.25, -0.2) is 9.98 Å². The minimum atomic E-state index is -0.582. The van der Waals surface area contributed by atoms with Crippen molar-refractivity contribution in [2.24, 2.45) is 10.7 Å². The van der Waals surface area contributed by atoms with Gasteiger partial charge in [0.1, 0.15) is 0 Å². The zero-order valence-electron chi connectivity index (χ0n) is 21.0. The fourth-order valence-electron chi connectivity index (χ4n) is 3.47. The minimum Gasteiger partial charge on any atom is -0.369 e. The van der Waals surface area contributed by atoms with Gasteiger partial charge in [-0.2, -0.15) is 4.39 Å². The van der Waals surface area contributed by atoms with E-state index in [1.165, 1.54) is 24.3 Å². The summed E-state index contributed by atoms with van der Waals surface area (Å²) < 4.78 is 26.6. The van der Waals surface area contributed by atoms with Crippen LogP contribution in [0, 0.1) is 5.95 Å². The molecule has 0 aliphatic carbocycles. The summed E-state index contributed by atoms with van der Waals surface area (Å²) in [5.74, 6) is -0.955. The highest BCUT2D eigenvalue weighted by atomic mass is 19.1. The van der Waals surface area contributed by atoms with Crippen LogP contribution < -0.4 is 5.73 Å². The van der Waals surface area contributed by atoms with E-state index >= 15 is 0 Å². The van der Waals surface area contributed by atoms with Crippen molar-refractivity contribution in [2.45, 2.75) is 39.5 Å². The van der Waals surface area contributed by atoms with E-state index in [2.05, 4.69) is 9.98 Å². The van der Waals surface area contributed by atoms with Crippen LogP contribution in [0.3, 0.4) is 0 Å². The number of ketones is 1. The molecule has 2 aromatic rings. The number of aromatic nitrogens is 1. The number of rotatable bonds is 12. The van der Waals surface area contributed by atoms with Crippen LogP contribution in [0.4, 0.5) is 8.78 Å². The SMILES string of the molecule is C/C=C(/C(=O)CC)N(/C=C/N=C(N)N(C)C(=O)Cc1cccc(-c2cccnc2F)c1)CCCCF. The highest BCUT2D eigenvalue weighted by Crippen LogP contribution is 2.22. The van der Waals surface area contributed by atoms with Gasteiger partial charge in [-0.3, -0.25) is 18.9 Å². The molecule has 2 rings (SSSR count). The van der Waals surface area contributed by atoms with E-state index in [1.54, 1.807) is 67.4 Å². The predicted molar refractivity (Wildman–Crippen MR) is 138 cm³/mol. The summed E-state index contributed by atoms with van der Waals surface area (Å²) in [6, 6.07) is 10.3. The van der Waals surface area contributed by atoms with E-state index in [9.17, 15) is 18.4 Å². The predicted octanol–water partition coefficient (Wildman–Crippen LogP) is 4.61. The molecule has 1 aromatic carbocycles. The summed E-state index contributed by atoms with van der Waals surface area (Å²) in [6.45, 7) is 3.56. The fourth-order valence-corrected chi connectivity index (χ4v) is 3.47. The van der Waals surface area contributed by atoms with Gasteiger partial charge >= 0.3 is 0 Å². The van der Waals surface area contributed by atoms with E-state index in [4.69, 9.17) is 5.73 Å². The minimum absolute atomic E-state index is 0.0294. The smallest absolute Gasteiger partial charge is 0.233 e. The van der Waals surface area contributed by atoms with Crippen molar-refractivity contribution in [3.05, 3.63) is 78.3 Å². The number of halogens is 2. The lowest BCUT2D eigenvalue weighted by Crippen LogP contribution is -2.39. The maximum Gasteiger partial charge on any atom is 0.233 e. The second-order valence-corrected chi connectivity index (χ2v) is 8.00. The number of hydrogen-bond donors (Lipinski definition) is 1. The lowest BCUT2D eigenvalue weighted by Gasteiger charge is -2.22. The number of amides is 1. The van der Waals surface area contributed by atoms with Crippen LogP contribution in [-0.2, 0) is 16.0 Å². The van der Waals surface area contributed by atoms with Gasteiger partial charge in [-0.1, -0.05) is 37.3 Å². The standard InChI is InChI=1S/C27H33F2N5O2/c1-4-23(24(35)5-2)34(16-7-6-13-28)17-15-32-27(30)33(3)25(36)19-20-10-8-11-21(18-20)22-12-9-14-31-26(22)29/h4,8-12,14-15,17-18H,5-7,13,16,19H2,1-3H3,(H2,30,32)/b17-15+,23-4-. The van der Waals surface area contributed by atoms with Crippen molar-refractivity contribution in [3.8, 4) is 11.1 Å². The molecule has 0 aliphatic rings. The largest absolute Gasteiger partial charge is 0.369 e. The number of alkyl halides is 1.